The second kappa shape index (κ2) is 18.5. The number of para-hydroxylation sites is 1. The number of morpholine rings is 1. The fraction of sp³-hybridized carbons (Fsp3) is 0.283. The number of aliphatic hydroxyl groups is 1. The molecule has 7 rings (SSSR count). The number of hydrogen-bond donors (Lipinski definition) is 4. The number of fused-ring (bicyclic) bond motifs is 3. The minimum Gasteiger partial charge on any atom is -0.491 e. The second-order valence-electron chi connectivity index (χ2n) is 14.4. The van der Waals surface area contributed by atoms with Gasteiger partial charge in [-0.25, -0.2) is 14.5 Å². The molecular formula is C46H45N5O10. The summed E-state index contributed by atoms with van der Waals surface area (Å²) in [7, 11) is 1.44. The summed E-state index contributed by atoms with van der Waals surface area (Å²) in [4.78, 5) is 74.8. The molecule has 5 N–H and O–H groups in total. The first-order valence-electron chi connectivity index (χ1n) is 19.6. The van der Waals surface area contributed by atoms with Crippen LogP contribution < -0.4 is 26.0 Å². The molecule has 0 aromatic heterocycles. The standard InChI is InChI=1S/C46H45N5O10/c1-3-22-48-41(53)36-38-42(54)61-39(31-16-8-5-9-17-31)37(30-14-6-4-7-15-30)51(38)40(32-18-10-11-19-35(32)59-25-24-52)46(36)33-28-29(13-12-23-49-44(47)56)20-21-34(33)50(43(46)55)45(57)60-27-26-58-2/h3-11,14-21,28,36-40,52H,1,22-27H2,2H3,(H,48,53)(H3,47,49,56). The van der Waals surface area contributed by atoms with E-state index in [9.17, 15) is 14.7 Å². The lowest BCUT2D eigenvalue weighted by atomic mass is 9.65. The Morgan fingerprint density at radius 2 is 1.62 bits per heavy atom. The second-order valence-corrected chi connectivity index (χ2v) is 14.4. The summed E-state index contributed by atoms with van der Waals surface area (Å²) in [5, 5.41) is 15.2. The SMILES string of the molecule is C=CCNC(=O)C1C2C(=O)OC(c3ccccc3)C(c3ccccc3)N2C(c2ccccc2OCCO)C12C(=O)N(C(=O)OCCOC)c1ccc(C#CCNC(N)=O)cc12. The van der Waals surface area contributed by atoms with E-state index in [1.807, 2.05) is 65.6 Å². The summed E-state index contributed by atoms with van der Waals surface area (Å²) in [5.41, 5.74) is 5.56. The van der Waals surface area contributed by atoms with Crippen LogP contribution in [-0.2, 0) is 34.0 Å². The van der Waals surface area contributed by atoms with Gasteiger partial charge < -0.3 is 40.4 Å². The van der Waals surface area contributed by atoms with E-state index >= 15 is 14.4 Å². The zero-order valence-electron chi connectivity index (χ0n) is 33.3. The highest BCUT2D eigenvalue weighted by molar-refractivity contribution is 6.23. The molecule has 6 atom stereocenters. The van der Waals surface area contributed by atoms with Gasteiger partial charge in [-0.2, -0.15) is 0 Å². The number of nitrogens with two attached hydrogens (primary N) is 1. The van der Waals surface area contributed by atoms with Crippen LogP contribution >= 0.6 is 0 Å². The number of esters is 1. The zero-order chi connectivity index (χ0) is 43.1. The van der Waals surface area contributed by atoms with Crippen LogP contribution in [0, 0.1) is 17.8 Å². The number of nitrogens with one attached hydrogen (secondary N) is 2. The van der Waals surface area contributed by atoms with E-state index < -0.39 is 65.5 Å². The third-order valence-electron chi connectivity index (χ3n) is 11.0. The molecule has 4 aromatic rings. The minimum atomic E-state index is -2.11. The quantitative estimate of drug-likeness (QED) is 0.0662. The Hall–Kier alpha value is -6.99. The molecule has 0 bridgehead atoms. The van der Waals surface area contributed by atoms with E-state index in [-0.39, 0.29) is 56.5 Å². The Morgan fingerprint density at radius 3 is 2.31 bits per heavy atom. The van der Waals surface area contributed by atoms with Crippen LogP contribution in [0.2, 0.25) is 0 Å². The molecule has 3 aliphatic heterocycles. The molecule has 0 radical (unpaired) electrons. The number of primary amides is 1. The molecule has 4 aromatic carbocycles. The summed E-state index contributed by atoms with van der Waals surface area (Å²) in [6.45, 7) is 3.03. The van der Waals surface area contributed by atoms with Gasteiger partial charge in [0.25, 0.3) is 0 Å². The van der Waals surface area contributed by atoms with Gasteiger partial charge in [0, 0.05) is 24.8 Å². The summed E-state index contributed by atoms with van der Waals surface area (Å²) in [6, 6.07) is 25.8. The van der Waals surface area contributed by atoms with Crippen LogP contribution in [0.3, 0.4) is 0 Å². The maximum atomic E-state index is 16.1. The third kappa shape index (κ3) is 7.80. The Balaban J connectivity index is 1.59. The number of nitrogens with zero attached hydrogens (tertiary/aromatic N) is 2. The first kappa shape index (κ1) is 42.1. The van der Waals surface area contributed by atoms with Crippen LogP contribution in [0.1, 0.15) is 46.0 Å². The Kier molecular flexibility index (Phi) is 12.8. The molecule has 61 heavy (non-hydrogen) atoms. The van der Waals surface area contributed by atoms with Gasteiger partial charge in [-0.3, -0.25) is 19.3 Å². The topological polar surface area (TPSA) is 199 Å². The maximum absolute atomic E-state index is 16.1. The van der Waals surface area contributed by atoms with Crippen LogP contribution in [0.15, 0.2) is 116 Å². The lowest BCUT2D eigenvalue weighted by molar-refractivity contribution is -0.178. The van der Waals surface area contributed by atoms with Crippen molar-refractivity contribution in [2.24, 2.45) is 11.7 Å². The number of benzene rings is 4. The zero-order valence-corrected chi connectivity index (χ0v) is 33.3. The number of cyclic esters (lactones) is 1. The van der Waals surface area contributed by atoms with E-state index in [4.69, 9.17) is 24.7 Å². The van der Waals surface area contributed by atoms with Crippen LogP contribution in [0.25, 0.3) is 0 Å². The van der Waals surface area contributed by atoms with Crippen molar-refractivity contribution in [3.63, 3.8) is 0 Å². The Labute approximate surface area is 352 Å². The number of ether oxygens (including phenoxy) is 4. The maximum Gasteiger partial charge on any atom is 0.421 e. The van der Waals surface area contributed by atoms with Gasteiger partial charge >= 0.3 is 18.1 Å². The molecule has 2 saturated heterocycles. The van der Waals surface area contributed by atoms with Crippen LogP contribution in [0.4, 0.5) is 15.3 Å². The van der Waals surface area contributed by atoms with Gasteiger partial charge in [0.1, 0.15) is 36.5 Å². The van der Waals surface area contributed by atoms with E-state index in [1.165, 1.54) is 19.3 Å². The number of amides is 5. The largest absolute Gasteiger partial charge is 0.491 e. The van der Waals surface area contributed by atoms with Crippen molar-refractivity contribution in [2.75, 3.05) is 51.5 Å². The van der Waals surface area contributed by atoms with Gasteiger partial charge in [-0.05, 0) is 41.0 Å². The Bertz CT molecular complexity index is 2370. The molecule has 0 aliphatic carbocycles. The number of urea groups is 1. The van der Waals surface area contributed by atoms with Gasteiger partial charge in [0.2, 0.25) is 11.8 Å². The van der Waals surface area contributed by atoms with Crippen molar-refractivity contribution in [1.82, 2.24) is 15.5 Å². The molecule has 15 nitrogen and oxygen atoms in total. The first-order chi connectivity index (χ1) is 29.7. The molecule has 15 heteroatoms. The lowest BCUT2D eigenvalue weighted by Gasteiger charge is -2.46. The number of carbonyl (C=O) groups excluding carboxylic acids is 5. The van der Waals surface area contributed by atoms with Gasteiger partial charge in [0.15, 0.2) is 0 Å². The monoisotopic (exact) mass is 827 g/mol. The number of imide groups is 1. The predicted octanol–water partition coefficient (Wildman–Crippen LogP) is 3.83. The number of hydrogen-bond acceptors (Lipinski definition) is 11. The number of anilines is 1. The summed E-state index contributed by atoms with van der Waals surface area (Å²) in [5.74, 6) is 2.21. The Morgan fingerprint density at radius 1 is 0.918 bits per heavy atom. The summed E-state index contributed by atoms with van der Waals surface area (Å²) in [6.07, 6.45) is -0.511. The van der Waals surface area contributed by atoms with E-state index in [2.05, 4.69) is 29.1 Å². The molecule has 5 amide bonds. The van der Waals surface area contributed by atoms with Gasteiger partial charge in [-0.1, -0.05) is 96.8 Å². The first-order valence-corrected chi connectivity index (χ1v) is 19.6. The van der Waals surface area contributed by atoms with Crippen molar-refractivity contribution in [3.05, 3.63) is 144 Å². The number of rotatable bonds is 13. The predicted molar refractivity (Wildman–Crippen MR) is 222 cm³/mol. The average molecular weight is 828 g/mol. The number of carbonyl (C=O) groups is 5. The lowest BCUT2D eigenvalue weighted by Crippen LogP contribution is -2.55. The fourth-order valence-corrected chi connectivity index (χ4v) is 8.77. The number of aliphatic hydroxyl groups excluding tert-OH is 1. The van der Waals surface area contributed by atoms with Crippen molar-refractivity contribution in [1.29, 1.82) is 0 Å². The molecule has 6 unspecified atom stereocenters. The summed E-state index contributed by atoms with van der Waals surface area (Å²) >= 11 is 0. The normalized spacial score (nSPS) is 22.6. The van der Waals surface area contributed by atoms with Crippen molar-refractivity contribution >= 4 is 35.6 Å². The molecule has 3 aliphatic rings. The minimum absolute atomic E-state index is 0.0228. The van der Waals surface area contributed by atoms with Gasteiger partial charge in [-0.15, -0.1) is 6.58 Å². The highest BCUT2D eigenvalue weighted by Gasteiger charge is 2.76. The molecule has 1 spiro atoms. The van der Waals surface area contributed by atoms with E-state index in [0.717, 1.165) is 4.90 Å². The average Bonchev–Trinajstić information content (AvgIpc) is 3.73. The van der Waals surface area contributed by atoms with Crippen molar-refractivity contribution in [3.8, 4) is 17.6 Å². The van der Waals surface area contributed by atoms with E-state index in [1.54, 1.807) is 36.4 Å². The van der Waals surface area contributed by atoms with Crippen molar-refractivity contribution in [2.45, 2.75) is 29.6 Å². The smallest absolute Gasteiger partial charge is 0.421 e. The van der Waals surface area contributed by atoms with Gasteiger partial charge in [0.05, 0.1) is 43.4 Å². The molecule has 314 valence electrons. The highest BCUT2D eigenvalue weighted by Crippen LogP contribution is 2.66. The number of methoxy groups -OCH3 is 1. The molecular weight excluding hydrogens is 783 g/mol. The molecule has 2 fully saturated rings. The fourth-order valence-electron chi connectivity index (χ4n) is 8.77. The molecule has 3 heterocycles. The van der Waals surface area contributed by atoms with Crippen LogP contribution in [0.5, 0.6) is 5.75 Å². The third-order valence-corrected chi connectivity index (χ3v) is 11.0. The van der Waals surface area contributed by atoms with Crippen molar-refractivity contribution < 1.29 is 48.0 Å². The van der Waals surface area contributed by atoms with Crippen LogP contribution in [-0.4, -0.2) is 92.6 Å². The van der Waals surface area contributed by atoms with E-state index in [0.29, 0.717) is 22.3 Å². The highest BCUT2D eigenvalue weighted by atomic mass is 16.6. The molecule has 0 saturated carbocycles. The summed E-state index contributed by atoms with van der Waals surface area (Å²) < 4.78 is 23.4.